The number of ether oxygens (including phenoxy) is 1. The summed E-state index contributed by atoms with van der Waals surface area (Å²) in [5, 5.41) is 0. The Bertz CT molecular complexity index is 665. The van der Waals surface area contributed by atoms with Crippen LogP contribution >= 0.6 is 0 Å². The molecule has 1 atom stereocenters. The van der Waals surface area contributed by atoms with Crippen molar-refractivity contribution in [1.82, 2.24) is 0 Å². The van der Waals surface area contributed by atoms with Crippen LogP contribution in [0.5, 0.6) is 0 Å². The van der Waals surface area contributed by atoms with Crippen molar-refractivity contribution in [2.75, 3.05) is 0 Å². The monoisotopic (exact) mass is 378 g/mol. The van der Waals surface area contributed by atoms with Gasteiger partial charge in [0.25, 0.3) is 0 Å². The molecule has 4 heteroatoms. The molecule has 0 aromatic heterocycles. The first kappa shape index (κ1) is 21.5. The number of hydrogen-bond donors (Lipinski definition) is 0. The van der Waals surface area contributed by atoms with Gasteiger partial charge in [0, 0.05) is 0 Å². The third-order valence-electron chi connectivity index (χ3n) is 4.63. The molecule has 1 nitrogen and oxygen atoms in total. The van der Waals surface area contributed by atoms with Gasteiger partial charge in [-0.3, -0.25) is 0 Å². The van der Waals surface area contributed by atoms with Gasteiger partial charge in [0.05, 0.1) is 6.61 Å². The summed E-state index contributed by atoms with van der Waals surface area (Å²) >= 11 is 0. The molecular formula is C23H29F3O. The lowest BCUT2D eigenvalue weighted by atomic mass is 10.0. The topological polar surface area (TPSA) is 9.23 Å². The maximum atomic E-state index is 14.3. The summed E-state index contributed by atoms with van der Waals surface area (Å²) in [6.45, 7) is 3.88. The van der Waals surface area contributed by atoms with Crippen molar-refractivity contribution < 1.29 is 17.9 Å². The average molecular weight is 378 g/mol. The second-order valence-corrected chi connectivity index (χ2v) is 6.98. The van der Waals surface area contributed by atoms with Crippen molar-refractivity contribution in [3.63, 3.8) is 0 Å². The largest absolute Gasteiger partial charge is 0.391 e. The van der Waals surface area contributed by atoms with Crippen molar-refractivity contribution in [1.29, 1.82) is 0 Å². The van der Waals surface area contributed by atoms with Crippen LogP contribution in [0.25, 0.3) is 0 Å². The highest BCUT2D eigenvalue weighted by Crippen LogP contribution is 2.36. The summed E-state index contributed by atoms with van der Waals surface area (Å²) in [5.41, 5.74) is 2.73. The highest BCUT2D eigenvalue weighted by atomic mass is 19.3. The highest BCUT2D eigenvalue weighted by Gasteiger charge is 2.42. The number of halogens is 3. The molecule has 27 heavy (non-hydrogen) atoms. The third kappa shape index (κ3) is 6.69. The SMILES string of the molecule is CCCCCc1ccc(C(F)C(F)(F)OCc2ccc(CCC)cc2)cc1. The molecule has 2 aromatic carbocycles. The molecule has 0 fully saturated rings. The normalized spacial score (nSPS) is 12.9. The van der Waals surface area contributed by atoms with Crippen LogP contribution in [-0.2, 0) is 24.2 Å². The van der Waals surface area contributed by atoms with E-state index in [1.54, 1.807) is 24.3 Å². The molecule has 0 bridgehead atoms. The van der Waals surface area contributed by atoms with Crippen molar-refractivity contribution in [3.8, 4) is 0 Å². The molecule has 148 valence electrons. The maximum absolute atomic E-state index is 14.3. The second-order valence-electron chi connectivity index (χ2n) is 6.98. The van der Waals surface area contributed by atoms with Crippen molar-refractivity contribution in [2.24, 2.45) is 0 Å². The molecule has 0 saturated carbocycles. The number of unbranched alkanes of at least 4 members (excludes halogenated alkanes) is 2. The minimum Gasteiger partial charge on any atom is -0.313 e. The number of alkyl halides is 3. The van der Waals surface area contributed by atoms with E-state index in [0.29, 0.717) is 5.56 Å². The molecule has 0 aliphatic heterocycles. The van der Waals surface area contributed by atoms with Crippen LogP contribution in [0.1, 0.15) is 68.0 Å². The molecule has 2 rings (SSSR count). The van der Waals surface area contributed by atoms with Gasteiger partial charge in [0.15, 0.2) is 0 Å². The third-order valence-corrected chi connectivity index (χ3v) is 4.63. The second kappa shape index (κ2) is 10.5. The molecule has 0 radical (unpaired) electrons. The summed E-state index contributed by atoms with van der Waals surface area (Å²) in [6.07, 6.45) is -0.216. The van der Waals surface area contributed by atoms with E-state index in [1.807, 2.05) is 12.1 Å². The lowest BCUT2D eigenvalue weighted by Crippen LogP contribution is -2.27. The molecule has 0 amide bonds. The Kier molecular flexibility index (Phi) is 8.36. The summed E-state index contributed by atoms with van der Waals surface area (Å²) in [5.74, 6) is 0. The minimum atomic E-state index is -3.87. The first-order valence-corrected chi connectivity index (χ1v) is 9.78. The van der Waals surface area contributed by atoms with Crippen molar-refractivity contribution >= 4 is 0 Å². The first-order valence-electron chi connectivity index (χ1n) is 9.78. The van der Waals surface area contributed by atoms with Crippen LogP contribution in [0.3, 0.4) is 0 Å². The van der Waals surface area contributed by atoms with Gasteiger partial charge in [-0.05, 0) is 41.5 Å². The summed E-state index contributed by atoms with van der Waals surface area (Å²) in [6, 6.07) is 13.6. The van der Waals surface area contributed by atoms with E-state index in [1.165, 1.54) is 12.1 Å². The predicted octanol–water partition coefficient (Wildman–Crippen LogP) is 7.19. The minimum absolute atomic E-state index is 0.0578. The summed E-state index contributed by atoms with van der Waals surface area (Å²) in [7, 11) is 0. The van der Waals surface area contributed by atoms with Crippen molar-refractivity contribution in [2.45, 2.75) is 71.3 Å². The van der Waals surface area contributed by atoms with Gasteiger partial charge in [-0.15, -0.1) is 0 Å². The van der Waals surface area contributed by atoms with Gasteiger partial charge >= 0.3 is 6.11 Å². The van der Waals surface area contributed by atoms with E-state index in [2.05, 4.69) is 18.6 Å². The van der Waals surface area contributed by atoms with E-state index >= 15 is 0 Å². The zero-order valence-corrected chi connectivity index (χ0v) is 16.2. The maximum Gasteiger partial charge on any atom is 0.391 e. The van der Waals surface area contributed by atoms with Gasteiger partial charge in [0.1, 0.15) is 0 Å². The summed E-state index contributed by atoms with van der Waals surface area (Å²) in [4.78, 5) is 0. The molecule has 0 heterocycles. The van der Waals surface area contributed by atoms with E-state index in [4.69, 9.17) is 0 Å². The molecule has 0 saturated heterocycles. The Hall–Kier alpha value is -1.81. The molecule has 0 spiro atoms. The Balaban J connectivity index is 1.92. The molecule has 0 N–H and O–H groups in total. The summed E-state index contributed by atoms with van der Waals surface area (Å²) < 4.78 is 47.3. The predicted molar refractivity (Wildman–Crippen MR) is 104 cm³/mol. The van der Waals surface area contributed by atoms with Crippen LogP contribution in [0.15, 0.2) is 48.5 Å². The Morgan fingerprint density at radius 3 is 1.93 bits per heavy atom. The van der Waals surface area contributed by atoms with E-state index in [9.17, 15) is 13.2 Å². The van der Waals surface area contributed by atoms with Gasteiger partial charge < -0.3 is 4.74 Å². The van der Waals surface area contributed by atoms with Gasteiger partial charge in [-0.25, -0.2) is 4.39 Å². The van der Waals surface area contributed by atoms with E-state index in [0.717, 1.165) is 49.7 Å². The standard InChI is InChI=1S/C23H29F3O/c1-3-5-6-8-19-13-15-21(16-14-19)22(24)23(25,26)27-17-20-11-9-18(7-4-2)10-12-20/h9-16,22H,3-8,17H2,1-2H3. The smallest absolute Gasteiger partial charge is 0.313 e. The van der Waals surface area contributed by atoms with E-state index in [-0.39, 0.29) is 12.2 Å². The zero-order chi connectivity index (χ0) is 19.7. The average Bonchev–Trinajstić information content (AvgIpc) is 2.68. The molecular weight excluding hydrogens is 349 g/mol. The number of rotatable bonds is 11. The van der Waals surface area contributed by atoms with Crippen LogP contribution in [0, 0.1) is 0 Å². The highest BCUT2D eigenvalue weighted by molar-refractivity contribution is 5.25. The van der Waals surface area contributed by atoms with E-state index < -0.39 is 12.3 Å². The number of benzene rings is 2. The number of hydrogen-bond acceptors (Lipinski definition) is 1. The van der Waals surface area contributed by atoms with Crippen LogP contribution in [-0.4, -0.2) is 6.11 Å². The van der Waals surface area contributed by atoms with Crippen LogP contribution in [0.4, 0.5) is 13.2 Å². The lowest BCUT2D eigenvalue weighted by Gasteiger charge is -2.21. The van der Waals surface area contributed by atoms with Gasteiger partial charge in [-0.2, -0.15) is 8.78 Å². The molecule has 0 aliphatic carbocycles. The van der Waals surface area contributed by atoms with Crippen LogP contribution < -0.4 is 0 Å². The fourth-order valence-electron chi connectivity index (χ4n) is 2.97. The van der Waals surface area contributed by atoms with Gasteiger partial charge in [0.2, 0.25) is 6.17 Å². The van der Waals surface area contributed by atoms with Crippen LogP contribution in [0.2, 0.25) is 0 Å². The van der Waals surface area contributed by atoms with Crippen molar-refractivity contribution in [3.05, 3.63) is 70.8 Å². The fourth-order valence-corrected chi connectivity index (χ4v) is 2.97. The Morgan fingerprint density at radius 2 is 1.33 bits per heavy atom. The molecule has 1 unspecified atom stereocenters. The fraction of sp³-hybridized carbons (Fsp3) is 0.478. The Morgan fingerprint density at radius 1 is 0.778 bits per heavy atom. The zero-order valence-electron chi connectivity index (χ0n) is 16.2. The molecule has 2 aromatic rings. The Labute approximate surface area is 160 Å². The first-order chi connectivity index (χ1) is 13.0. The molecule has 0 aliphatic rings. The lowest BCUT2D eigenvalue weighted by molar-refractivity contribution is -0.282. The number of aryl methyl sites for hydroxylation is 2. The quantitative estimate of drug-likeness (QED) is 0.376. The van der Waals surface area contributed by atoms with Gasteiger partial charge in [-0.1, -0.05) is 81.6 Å².